The summed E-state index contributed by atoms with van der Waals surface area (Å²) in [7, 11) is 1.49. The van der Waals surface area contributed by atoms with Crippen molar-refractivity contribution in [2.24, 2.45) is 17.8 Å². The highest BCUT2D eigenvalue weighted by atomic mass is 16.6. The first-order valence-electron chi connectivity index (χ1n) is 11.3. The maximum Gasteiger partial charge on any atom is 0.273 e. The van der Waals surface area contributed by atoms with E-state index in [2.05, 4.69) is 0 Å². The van der Waals surface area contributed by atoms with E-state index in [0.717, 1.165) is 22.5 Å². The number of nitro benzene ring substituents is 1. The molecule has 0 radical (unpaired) electrons. The van der Waals surface area contributed by atoms with Crippen molar-refractivity contribution in [3.63, 3.8) is 0 Å². The molecule has 10 heteroatoms. The van der Waals surface area contributed by atoms with Crippen LogP contribution >= 0.6 is 0 Å². The van der Waals surface area contributed by atoms with Crippen molar-refractivity contribution < 1.29 is 28.8 Å². The second-order valence-corrected chi connectivity index (χ2v) is 8.94. The molecule has 2 aromatic carbocycles. The van der Waals surface area contributed by atoms with E-state index in [9.17, 15) is 29.3 Å². The number of carbonyl (C=O) groups is 4. The van der Waals surface area contributed by atoms with Gasteiger partial charge in [-0.1, -0.05) is 13.0 Å². The first-order chi connectivity index (χ1) is 16.7. The summed E-state index contributed by atoms with van der Waals surface area (Å²) in [5, 5.41) is 12.8. The minimum atomic E-state index is -0.844. The SMILES string of the molecule is COc1ccc(C(=O)CN(C(=O)c2cccc([N+](=O)[O-])c2)N2C(=O)[C@@H]3CC[C@@H](C)C[C@H]3C2=O)cc1. The third-order valence-corrected chi connectivity index (χ3v) is 6.65. The van der Waals surface area contributed by atoms with E-state index in [1.54, 1.807) is 12.1 Å². The molecule has 1 saturated heterocycles. The van der Waals surface area contributed by atoms with Crippen molar-refractivity contribution in [1.29, 1.82) is 0 Å². The van der Waals surface area contributed by atoms with Crippen LogP contribution < -0.4 is 4.74 Å². The number of non-ortho nitro benzene ring substituents is 1. The molecule has 0 unspecified atom stereocenters. The number of imide groups is 1. The maximum absolute atomic E-state index is 13.5. The zero-order chi connectivity index (χ0) is 25.3. The molecule has 0 spiro atoms. The second-order valence-electron chi connectivity index (χ2n) is 8.94. The first kappa shape index (κ1) is 24.1. The summed E-state index contributed by atoms with van der Waals surface area (Å²) in [4.78, 5) is 63.8. The quantitative estimate of drug-likeness (QED) is 0.258. The highest BCUT2D eigenvalue weighted by Crippen LogP contribution is 2.41. The molecular weight excluding hydrogens is 454 g/mol. The number of hydrogen-bond donors (Lipinski definition) is 0. The van der Waals surface area contributed by atoms with Gasteiger partial charge >= 0.3 is 0 Å². The Morgan fingerprint density at radius 2 is 1.74 bits per heavy atom. The Morgan fingerprint density at radius 3 is 2.40 bits per heavy atom. The lowest BCUT2D eigenvalue weighted by Gasteiger charge is -2.30. The number of hydrazine groups is 1. The summed E-state index contributed by atoms with van der Waals surface area (Å²) in [6, 6.07) is 11.2. The van der Waals surface area contributed by atoms with Gasteiger partial charge in [0.2, 0.25) is 0 Å². The number of nitro groups is 1. The highest BCUT2D eigenvalue weighted by Gasteiger charge is 2.52. The van der Waals surface area contributed by atoms with Crippen LogP contribution in [0.5, 0.6) is 5.75 Å². The summed E-state index contributed by atoms with van der Waals surface area (Å²) in [6.07, 6.45) is 1.84. The van der Waals surface area contributed by atoms with Crippen LogP contribution in [-0.4, -0.2) is 52.1 Å². The number of nitrogens with zero attached hydrogens (tertiary/aromatic N) is 3. The Labute approximate surface area is 201 Å². The lowest BCUT2D eigenvalue weighted by Crippen LogP contribution is -2.52. The molecule has 1 saturated carbocycles. The third kappa shape index (κ3) is 4.64. The van der Waals surface area contributed by atoms with Crippen LogP contribution in [0.1, 0.15) is 46.9 Å². The molecule has 4 rings (SSSR count). The summed E-state index contributed by atoms with van der Waals surface area (Å²) >= 11 is 0. The van der Waals surface area contributed by atoms with Crippen LogP contribution in [0.4, 0.5) is 5.69 Å². The maximum atomic E-state index is 13.5. The fourth-order valence-corrected chi connectivity index (χ4v) is 4.75. The summed E-state index contributed by atoms with van der Waals surface area (Å²) in [6.45, 7) is 1.43. The molecule has 1 aliphatic carbocycles. The Balaban J connectivity index is 1.70. The predicted molar refractivity (Wildman–Crippen MR) is 123 cm³/mol. The van der Waals surface area contributed by atoms with E-state index in [-0.39, 0.29) is 22.7 Å². The van der Waals surface area contributed by atoms with Gasteiger partial charge in [-0.3, -0.25) is 29.3 Å². The van der Waals surface area contributed by atoms with E-state index >= 15 is 0 Å². The van der Waals surface area contributed by atoms with Crippen LogP contribution in [0.15, 0.2) is 48.5 Å². The van der Waals surface area contributed by atoms with Gasteiger partial charge in [0.15, 0.2) is 5.78 Å². The van der Waals surface area contributed by atoms with E-state index in [0.29, 0.717) is 18.6 Å². The monoisotopic (exact) mass is 479 g/mol. The second kappa shape index (κ2) is 9.65. The molecule has 0 bridgehead atoms. The molecule has 2 fully saturated rings. The largest absolute Gasteiger partial charge is 0.497 e. The minimum absolute atomic E-state index is 0.106. The Hall–Kier alpha value is -4.08. The Kier molecular flexibility index (Phi) is 6.63. The van der Waals surface area contributed by atoms with Gasteiger partial charge in [-0.15, -0.1) is 0 Å². The number of benzene rings is 2. The summed E-state index contributed by atoms with van der Waals surface area (Å²) in [5.74, 6) is -2.69. The number of methoxy groups -OCH3 is 1. The number of Topliss-reactive ketones (excluding diaryl/α,β-unsaturated/α-hetero) is 1. The molecule has 182 valence electrons. The molecule has 1 heterocycles. The third-order valence-electron chi connectivity index (χ3n) is 6.65. The fourth-order valence-electron chi connectivity index (χ4n) is 4.75. The van der Waals surface area contributed by atoms with Gasteiger partial charge < -0.3 is 4.74 Å². The van der Waals surface area contributed by atoms with Gasteiger partial charge in [0.05, 0.1) is 23.9 Å². The molecule has 1 aliphatic heterocycles. The van der Waals surface area contributed by atoms with Crippen molar-refractivity contribution in [3.05, 3.63) is 69.8 Å². The minimum Gasteiger partial charge on any atom is -0.497 e. The van der Waals surface area contributed by atoms with Crippen LogP contribution in [0, 0.1) is 27.9 Å². The lowest BCUT2D eigenvalue weighted by atomic mass is 9.76. The van der Waals surface area contributed by atoms with E-state index in [1.165, 1.54) is 37.4 Å². The lowest BCUT2D eigenvalue weighted by molar-refractivity contribution is -0.384. The molecule has 3 atom stereocenters. The van der Waals surface area contributed by atoms with Crippen molar-refractivity contribution in [1.82, 2.24) is 10.0 Å². The van der Waals surface area contributed by atoms with Crippen molar-refractivity contribution in [2.45, 2.75) is 26.2 Å². The number of fused-ring (bicyclic) bond motifs is 1. The molecule has 2 aliphatic rings. The van der Waals surface area contributed by atoms with Crippen molar-refractivity contribution in [3.8, 4) is 5.75 Å². The molecule has 35 heavy (non-hydrogen) atoms. The number of amides is 3. The van der Waals surface area contributed by atoms with E-state index in [4.69, 9.17) is 4.74 Å². The topological polar surface area (TPSA) is 127 Å². The van der Waals surface area contributed by atoms with Gasteiger partial charge in [0, 0.05) is 23.3 Å². The smallest absolute Gasteiger partial charge is 0.273 e. The Morgan fingerprint density at radius 1 is 1.06 bits per heavy atom. The number of hydrogen-bond acceptors (Lipinski definition) is 7. The predicted octanol–water partition coefficient (Wildman–Crippen LogP) is 3.26. The number of rotatable bonds is 7. The number of carbonyl (C=O) groups excluding carboxylic acids is 4. The first-order valence-corrected chi connectivity index (χ1v) is 11.3. The van der Waals surface area contributed by atoms with Crippen molar-refractivity contribution in [2.75, 3.05) is 13.7 Å². The molecule has 2 aromatic rings. The van der Waals surface area contributed by atoms with Crippen LogP contribution in [0.25, 0.3) is 0 Å². The van der Waals surface area contributed by atoms with Gasteiger partial charge in [-0.25, -0.2) is 5.01 Å². The summed E-state index contributed by atoms with van der Waals surface area (Å²) in [5.41, 5.74) is -0.169. The number of ketones is 1. The summed E-state index contributed by atoms with van der Waals surface area (Å²) < 4.78 is 5.10. The van der Waals surface area contributed by atoms with Crippen molar-refractivity contribution >= 4 is 29.2 Å². The average Bonchev–Trinajstić information content (AvgIpc) is 3.11. The zero-order valence-corrected chi connectivity index (χ0v) is 19.4. The average molecular weight is 479 g/mol. The fraction of sp³-hybridized carbons (Fsp3) is 0.360. The van der Waals surface area contributed by atoms with E-state index < -0.39 is 46.8 Å². The number of ether oxygens (including phenoxy) is 1. The van der Waals surface area contributed by atoms with Gasteiger partial charge in [-0.05, 0) is 55.5 Å². The van der Waals surface area contributed by atoms with Gasteiger partial charge in [0.1, 0.15) is 12.3 Å². The van der Waals surface area contributed by atoms with E-state index in [1.807, 2.05) is 6.92 Å². The zero-order valence-electron chi connectivity index (χ0n) is 19.4. The van der Waals surface area contributed by atoms with Crippen LogP contribution in [0.3, 0.4) is 0 Å². The van der Waals surface area contributed by atoms with Crippen LogP contribution in [-0.2, 0) is 9.59 Å². The molecule has 3 amide bonds. The normalized spacial score (nSPS) is 21.4. The Bertz CT molecular complexity index is 1190. The molecule has 0 aromatic heterocycles. The standard InChI is InChI=1S/C25H25N3O7/c1-15-6-11-20-21(12-15)25(32)27(24(20)31)26(14-22(29)16-7-9-19(35-2)10-8-16)23(30)17-4-3-5-18(13-17)28(33)34/h3-5,7-10,13,15,20-21H,6,11-12,14H2,1-2H3/t15-,20-,21-/m1/s1. The van der Waals surface area contributed by atoms with Gasteiger partial charge in [-0.2, -0.15) is 5.01 Å². The van der Waals surface area contributed by atoms with Gasteiger partial charge in [0.25, 0.3) is 23.4 Å². The molecule has 10 nitrogen and oxygen atoms in total. The highest BCUT2D eigenvalue weighted by molar-refractivity contribution is 6.09. The molecular formula is C25H25N3O7. The van der Waals surface area contributed by atoms with Crippen LogP contribution in [0.2, 0.25) is 0 Å². The molecule has 0 N–H and O–H groups in total.